The molecule has 0 amide bonds. The van der Waals surface area contributed by atoms with Gasteiger partial charge in [0.1, 0.15) is 5.76 Å². The molecular weight excluding hydrogens is 202 g/mol. The number of aryl methyl sites for hydroxylation is 1. The van der Waals surface area contributed by atoms with E-state index in [1.54, 1.807) is 6.20 Å². The molecule has 0 aliphatic carbocycles. The summed E-state index contributed by atoms with van der Waals surface area (Å²) in [7, 11) is 1.93. The largest absolute Gasteiger partial charge is 0.494 e. The molecule has 0 fully saturated rings. The molecule has 0 aromatic carbocycles. The number of hydrogen-bond donors (Lipinski definition) is 1. The highest BCUT2D eigenvalue weighted by atomic mass is 16.5. The normalized spacial score (nSPS) is 10.8. The average Bonchev–Trinajstić information content (AvgIpc) is 2.57. The Labute approximate surface area is 97.3 Å². The molecule has 0 aliphatic rings. The van der Waals surface area contributed by atoms with E-state index >= 15 is 0 Å². The van der Waals surface area contributed by atoms with E-state index in [9.17, 15) is 0 Å². The summed E-state index contributed by atoms with van der Waals surface area (Å²) in [5, 5.41) is 7.60. The van der Waals surface area contributed by atoms with Gasteiger partial charge in [-0.3, -0.25) is 4.68 Å². The van der Waals surface area contributed by atoms with E-state index in [2.05, 4.69) is 30.8 Å². The molecule has 1 aromatic rings. The second kappa shape index (κ2) is 5.70. The van der Waals surface area contributed by atoms with E-state index in [-0.39, 0.29) is 0 Å². The Morgan fingerprint density at radius 1 is 1.62 bits per heavy atom. The van der Waals surface area contributed by atoms with Crippen molar-refractivity contribution in [2.75, 3.05) is 6.61 Å². The van der Waals surface area contributed by atoms with Crippen LogP contribution in [0.25, 0.3) is 5.76 Å². The van der Waals surface area contributed by atoms with Gasteiger partial charge in [-0.05, 0) is 6.92 Å². The van der Waals surface area contributed by atoms with Gasteiger partial charge in [0.25, 0.3) is 0 Å². The quantitative estimate of drug-likeness (QED) is 0.749. The first kappa shape index (κ1) is 12.8. The van der Waals surface area contributed by atoms with Gasteiger partial charge in [0.15, 0.2) is 0 Å². The molecular formula is C12H21N3O. The summed E-state index contributed by atoms with van der Waals surface area (Å²) in [4.78, 5) is 0. The van der Waals surface area contributed by atoms with Crippen LogP contribution in [0, 0.1) is 0 Å². The smallest absolute Gasteiger partial charge is 0.122 e. The Bertz CT molecular complexity index is 355. The maximum atomic E-state index is 5.41. The van der Waals surface area contributed by atoms with Crippen LogP contribution in [0.2, 0.25) is 0 Å². The molecule has 1 rings (SSSR count). The minimum absolute atomic E-state index is 0.447. The van der Waals surface area contributed by atoms with Crippen molar-refractivity contribution in [3.8, 4) is 0 Å². The molecule has 0 saturated heterocycles. The molecule has 0 radical (unpaired) electrons. The summed E-state index contributed by atoms with van der Waals surface area (Å²) in [6.45, 7) is 11.5. The predicted octanol–water partition coefficient (Wildman–Crippen LogP) is 1.93. The van der Waals surface area contributed by atoms with Gasteiger partial charge in [-0.25, -0.2) is 0 Å². The molecule has 90 valence electrons. The van der Waals surface area contributed by atoms with Crippen LogP contribution >= 0.6 is 0 Å². The third kappa shape index (κ3) is 3.10. The minimum atomic E-state index is 0.447. The number of aromatic nitrogens is 2. The summed E-state index contributed by atoms with van der Waals surface area (Å²) in [5.41, 5.74) is 2.09. The minimum Gasteiger partial charge on any atom is -0.494 e. The monoisotopic (exact) mass is 223 g/mol. The van der Waals surface area contributed by atoms with Crippen LogP contribution in [0.4, 0.5) is 0 Å². The Morgan fingerprint density at radius 3 is 2.88 bits per heavy atom. The maximum Gasteiger partial charge on any atom is 0.122 e. The molecule has 0 atom stereocenters. The van der Waals surface area contributed by atoms with Gasteiger partial charge in [-0.1, -0.05) is 20.4 Å². The van der Waals surface area contributed by atoms with Crippen molar-refractivity contribution >= 4 is 5.76 Å². The summed E-state index contributed by atoms with van der Waals surface area (Å²) < 4.78 is 7.27. The van der Waals surface area contributed by atoms with Crippen molar-refractivity contribution in [2.24, 2.45) is 7.05 Å². The van der Waals surface area contributed by atoms with E-state index < -0.39 is 0 Å². The van der Waals surface area contributed by atoms with Crippen molar-refractivity contribution in [1.82, 2.24) is 15.1 Å². The topological polar surface area (TPSA) is 39.1 Å². The lowest BCUT2D eigenvalue weighted by Crippen LogP contribution is -2.24. The van der Waals surface area contributed by atoms with E-state index in [0.717, 1.165) is 17.8 Å². The molecule has 1 N–H and O–H groups in total. The number of nitrogens with zero attached hydrogens (tertiary/aromatic N) is 2. The van der Waals surface area contributed by atoms with E-state index in [4.69, 9.17) is 4.74 Å². The predicted molar refractivity (Wildman–Crippen MR) is 65.8 cm³/mol. The summed E-state index contributed by atoms with van der Waals surface area (Å²) in [6.07, 6.45) is 1.80. The number of nitrogens with one attached hydrogen (secondary N) is 1. The molecule has 0 bridgehead atoms. The fourth-order valence-electron chi connectivity index (χ4n) is 1.46. The van der Waals surface area contributed by atoms with Gasteiger partial charge in [-0.2, -0.15) is 5.10 Å². The fourth-order valence-corrected chi connectivity index (χ4v) is 1.46. The fraction of sp³-hybridized carbons (Fsp3) is 0.583. The highest BCUT2D eigenvalue weighted by molar-refractivity contribution is 5.59. The lowest BCUT2D eigenvalue weighted by atomic mass is 10.2. The zero-order valence-electron chi connectivity index (χ0n) is 10.6. The van der Waals surface area contributed by atoms with Crippen LogP contribution in [0.5, 0.6) is 0 Å². The standard InChI is InChI=1S/C12H21N3O/c1-6-16-10(4)11-7-14-15(5)12(11)8-13-9(2)3/h7,9,13H,4,6,8H2,1-3,5H3. The first-order chi connectivity index (χ1) is 7.56. The van der Waals surface area contributed by atoms with Crippen molar-refractivity contribution in [2.45, 2.75) is 33.4 Å². The highest BCUT2D eigenvalue weighted by Crippen LogP contribution is 2.18. The first-order valence-corrected chi connectivity index (χ1v) is 5.62. The molecule has 0 aliphatic heterocycles. The third-order valence-electron chi connectivity index (χ3n) is 2.36. The van der Waals surface area contributed by atoms with Gasteiger partial charge < -0.3 is 10.1 Å². The van der Waals surface area contributed by atoms with Crippen molar-refractivity contribution in [3.63, 3.8) is 0 Å². The molecule has 1 aromatic heterocycles. The average molecular weight is 223 g/mol. The van der Waals surface area contributed by atoms with Gasteiger partial charge in [0.2, 0.25) is 0 Å². The zero-order valence-corrected chi connectivity index (χ0v) is 10.6. The Balaban J connectivity index is 2.81. The first-order valence-electron chi connectivity index (χ1n) is 5.62. The molecule has 0 spiro atoms. The lowest BCUT2D eigenvalue weighted by molar-refractivity contribution is 0.298. The molecule has 16 heavy (non-hydrogen) atoms. The number of hydrogen-bond acceptors (Lipinski definition) is 3. The SMILES string of the molecule is C=C(OCC)c1cnn(C)c1CNC(C)C. The van der Waals surface area contributed by atoms with Crippen LogP contribution in [0.15, 0.2) is 12.8 Å². The molecule has 1 heterocycles. The van der Waals surface area contributed by atoms with Crippen molar-refractivity contribution in [3.05, 3.63) is 24.0 Å². The summed E-state index contributed by atoms with van der Waals surface area (Å²) >= 11 is 0. The molecule has 0 saturated carbocycles. The van der Waals surface area contributed by atoms with Gasteiger partial charge >= 0.3 is 0 Å². The molecule has 0 unspecified atom stereocenters. The van der Waals surface area contributed by atoms with Gasteiger partial charge in [0, 0.05) is 19.6 Å². The summed E-state index contributed by atoms with van der Waals surface area (Å²) in [6, 6.07) is 0.447. The van der Waals surface area contributed by atoms with Gasteiger partial charge in [-0.15, -0.1) is 0 Å². The van der Waals surface area contributed by atoms with Crippen LogP contribution in [-0.4, -0.2) is 22.4 Å². The van der Waals surface area contributed by atoms with Crippen LogP contribution in [-0.2, 0) is 18.3 Å². The maximum absolute atomic E-state index is 5.41. The second-order valence-corrected chi connectivity index (χ2v) is 4.02. The van der Waals surface area contributed by atoms with E-state index in [1.165, 1.54) is 0 Å². The van der Waals surface area contributed by atoms with Crippen LogP contribution in [0.1, 0.15) is 32.0 Å². The van der Waals surface area contributed by atoms with E-state index in [1.807, 2.05) is 18.7 Å². The Hall–Kier alpha value is -1.29. The van der Waals surface area contributed by atoms with Crippen LogP contribution in [0.3, 0.4) is 0 Å². The number of ether oxygens (including phenoxy) is 1. The second-order valence-electron chi connectivity index (χ2n) is 4.02. The highest BCUT2D eigenvalue weighted by Gasteiger charge is 2.12. The Kier molecular flexibility index (Phi) is 4.55. The van der Waals surface area contributed by atoms with Crippen LogP contribution < -0.4 is 5.32 Å². The Morgan fingerprint density at radius 2 is 2.31 bits per heavy atom. The lowest BCUT2D eigenvalue weighted by Gasteiger charge is -2.12. The van der Waals surface area contributed by atoms with Crippen molar-refractivity contribution < 1.29 is 4.74 Å². The molecule has 4 nitrogen and oxygen atoms in total. The van der Waals surface area contributed by atoms with E-state index in [0.29, 0.717) is 18.4 Å². The van der Waals surface area contributed by atoms with Gasteiger partial charge in [0.05, 0.1) is 24.1 Å². The zero-order chi connectivity index (χ0) is 12.1. The third-order valence-corrected chi connectivity index (χ3v) is 2.36. The van der Waals surface area contributed by atoms with Crippen molar-refractivity contribution in [1.29, 1.82) is 0 Å². The number of rotatable bonds is 6. The molecule has 4 heteroatoms. The summed E-state index contributed by atoms with van der Waals surface area (Å²) in [5.74, 6) is 0.691.